The number of aryl methyl sites for hydroxylation is 1. The molecule has 0 bridgehead atoms. The Morgan fingerprint density at radius 2 is 2.00 bits per heavy atom. The maximum atomic E-state index is 3.22. The Labute approximate surface area is 84.8 Å². The first-order valence-corrected chi connectivity index (χ1v) is 5.04. The molecular weight excluding hydrogens is 170 g/mol. The predicted octanol–water partition coefficient (Wildman–Crippen LogP) is 3.44. The molecule has 0 aliphatic rings. The van der Waals surface area contributed by atoms with E-state index in [0.29, 0.717) is 0 Å². The van der Waals surface area contributed by atoms with E-state index in [9.17, 15) is 0 Å². The number of hydrogen-bond donors (Lipinski definition) is 1. The minimum absolute atomic E-state index is 1.09. The molecule has 2 aromatic carbocycles. The molecule has 0 aliphatic carbocycles. The summed E-state index contributed by atoms with van der Waals surface area (Å²) in [5.74, 6) is 0. The van der Waals surface area contributed by atoms with E-state index in [4.69, 9.17) is 0 Å². The molecule has 2 rings (SSSR count). The molecule has 1 heteroatoms. The SMILES string of the molecule is CCc1ccc2cccc(NC)c2c1. The zero-order chi connectivity index (χ0) is 9.97. The normalized spacial score (nSPS) is 10.4. The monoisotopic (exact) mass is 185 g/mol. The molecule has 0 heterocycles. The van der Waals surface area contributed by atoms with Gasteiger partial charge in [-0.05, 0) is 29.5 Å². The second-order valence-electron chi connectivity index (χ2n) is 3.46. The summed E-state index contributed by atoms with van der Waals surface area (Å²) >= 11 is 0. The van der Waals surface area contributed by atoms with E-state index in [1.54, 1.807) is 0 Å². The van der Waals surface area contributed by atoms with Gasteiger partial charge in [0.2, 0.25) is 0 Å². The van der Waals surface area contributed by atoms with Crippen LogP contribution in [0, 0.1) is 0 Å². The average Bonchev–Trinajstić information content (AvgIpc) is 2.27. The van der Waals surface area contributed by atoms with Crippen molar-refractivity contribution >= 4 is 16.5 Å². The van der Waals surface area contributed by atoms with E-state index in [0.717, 1.165) is 6.42 Å². The van der Waals surface area contributed by atoms with Gasteiger partial charge in [0, 0.05) is 18.1 Å². The van der Waals surface area contributed by atoms with Gasteiger partial charge in [-0.3, -0.25) is 0 Å². The highest BCUT2D eigenvalue weighted by Crippen LogP contribution is 2.24. The van der Waals surface area contributed by atoms with Crippen LogP contribution in [0.3, 0.4) is 0 Å². The number of fused-ring (bicyclic) bond motifs is 1. The predicted molar refractivity (Wildman–Crippen MR) is 62.9 cm³/mol. The van der Waals surface area contributed by atoms with Gasteiger partial charge < -0.3 is 5.32 Å². The topological polar surface area (TPSA) is 12.0 Å². The average molecular weight is 185 g/mol. The van der Waals surface area contributed by atoms with Crippen molar-refractivity contribution in [3.63, 3.8) is 0 Å². The summed E-state index contributed by atoms with van der Waals surface area (Å²) in [4.78, 5) is 0. The summed E-state index contributed by atoms with van der Waals surface area (Å²) in [5, 5.41) is 5.84. The summed E-state index contributed by atoms with van der Waals surface area (Å²) in [7, 11) is 1.97. The van der Waals surface area contributed by atoms with Crippen molar-refractivity contribution in [2.75, 3.05) is 12.4 Å². The molecule has 0 unspecified atom stereocenters. The van der Waals surface area contributed by atoms with Crippen LogP contribution in [-0.2, 0) is 6.42 Å². The Hall–Kier alpha value is -1.50. The van der Waals surface area contributed by atoms with Gasteiger partial charge in [0.15, 0.2) is 0 Å². The summed E-state index contributed by atoms with van der Waals surface area (Å²) in [6, 6.07) is 13.0. The molecule has 0 radical (unpaired) electrons. The lowest BCUT2D eigenvalue weighted by molar-refractivity contribution is 1.15. The molecular formula is C13H15N. The number of benzene rings is 2. The van der Waals surface area contributed by atoms with Gasteiger partial charge in [0.1, 0.15) is 0 Å². The number of rotatable bonds is 2. The fraction of sp³-hybridized carbons (Fsp3) is 0.231. The van der Waals surface area contributed by atoms with Gasteiger partial charge in [-0.15, -0.1) is 0 Å². The molecule has 0 amide bonds. The molecule has 0 fully saturated rings. The Morgan fingerprint density at radius 3 is 2.71 bits per heavy atom. The highest BCUT2D eigenvalue weighted by molar-refractivity contribution is 5.94. The zero-order valence-electron chi connectivity index (χ0n) is 8.67. The van der Waals surface area contributed by atoms with Crippen LogP contribution in [0.5, 0.6) is 0 Å². The van der Waals surface area contributed by atoms with Crippen molar-refractivity contribution < 1.29 is 0 Å². The minimum Gasteiger partial charge on any atom is -0.388 e. The fourth-order valence-electron chi connectivity index (χ4n) is 1.76. The summed E-state index contributed by atoms with van der Waals surface area (Å²) in [6.45, 7) is 2.18. The van der Waals surface area contributed by atoms with Crippen LogP contribution in [-0.4, -0.2) is 7.05 Å². The minimum atomic E-state index is 1.09. The van der Waals surface area contributed by atoms with Crippen LogP contribution in [0.25, 0.3) is 10.8 Å². The van der Waals surface area contributed by atoms with Crippen LogP contribution < -0.4 is 5.32 Å². The smallest absolute Gasteiger partial charge is 0.0417 e. The van der Waals surface area contributed by atoms with E-state index in [2.05, 4.69) is 48.6 Å². The Morgan fingerprint density at radius 1 is 1.14 bits per heavy atom. The van der Waals surface area contributed by atoms with Crippen LogP contribution in [0.1, 0.15) is 12.5 Å². The Balaban J connectivity index is 2.70. The molecule has 72 valence electrons. The van der Waals surface area contributed by atoms with Gasteiger partial charge in [0.05, 0.1) is 0 Å². The molecule has 0 aliphatic heterocycles. The third kappa shape index (κ3) is 1.46. The maximum absolute atomic E-state index is 3.22. The zero-order valence-corrected chi connectivity index (χ0v) is 8.67. The van der Waals surface area contributed by atoms with Gasteiger partial charge in [-0.25, -0.2) is 0 Å². The van der Waals surface area contributed by atoms with E-state index in [1.807, 2.05) is 7.05 Å². The third-order valence-electron chi connectivity index (χ3n) is 2.62. The second kappa shape index (κ2) is 3.70. The van der Waals surface area contributed by atoms with Gasteiger partial charge in [-0.2, -0.15) is 0 Å². The molecule has 2 aromatic rings. The second-order valence-corrected chi connectivity index (χ2v) is 3.46. The summed E-state index contributed by atoms with van der Waals surface area (Å²) in [5.41, 5.74) is 2.60. The molecule has 1 nitrogen and oxygen atoms in total. The van der Waals surface area contributed by atoms with Gasteiger partial charge in [0.25, 0.3) is 0 Å². The van der Waals surface area contributed by atoms with Crippen LogP contribution in [0.4, 0.5) is 5.69 Å². The Bertz CT molecular complexity index is 446. The molecule has 0 saturated carbocycles. The van der Waals surface area contributed by atoms with Crippen molar-refractivity contribution in [1.82, 2.24) is 0 Å². The first-order chi connectivity index (χ1) is 6.85. The number of nitrogens with one attached hydrogen (secondary N) is 1. The van der Waals surface area contributed by atoms with Crippen molar-refractivity contribution in [2.24, 2.45) is 0 Å². The highest BCUT2D eigenvalue weighted by Gasteiger charge is 1.99. The van der Waals surface area contributed by atoms with E-state index < -0.39 is 0 Å². The van der Waals surface area contributed by atoms with Gasteiger partial charge >= 0.3 is 0 Å². The summed E-state index contributed by atoms with van der Waals surface area (Å²) < 4.78 is 0. The van der Waals surface area contributed by atoms with E-state index in [1.165, 1.54) is 22.0 Å². The standard InChI is InChI=1S/C13H15N/c1-3-10-7-8-11-5-4-6-13(14-2)12(11)9-10/h4-9,14H,3H2,1-2H3. The Kier molecular flexibility index (Phi) is 2.40. The van der Waals surface area contributed by atoms with Crippen LogP contribution in [0.2, 0.25) is 0 Å². The first-order valence-electron chi connectivity index (χ1n) is 5.04. The molecule has 0 spiro atoms. The molecule has 0 atom stereocenters. The fourth-order valence-corrected chi connectivity index (χ4v) is 1.76. The molecule has 0 aromatic heterocycles. The number of anilines is 1. The lowest BCUT2D eigenvalue weighted by atomic mass is 10.0. The first kappa shape index (κ1) is 9.07. The summed E-state index contributed by atoms with van der Waals surface area (Å²) in [6.07, 6.45) is 1.09. The van der Waals surface area contributed by atoms with Crippen molar-refractivity contribution in [1.29, 1.82) is 0 Å². The number of hydrogen-bond acceptors (Lipinski definition) is 1. The van der Waals surface area contributed by atoms with E-state index >= 15 is 0 Å². The van der Waals surface area contributed by atoms with Crippen molar-refractivity contribution in [3.05, 3.63) is 42.0 Å². The molecule has 1 N–H and O–H groups in total. The molecule has 14 heavy (non-hydrogen) atoms. The lowest BCUT2D eigenvalue weighted by Gasteiger charge is -2.07. The van der Waals surface area contributed by atoms with Gasteiger partial charge in [-0.1, -0.05) is 31.2 Å². The molecule has 0 saturated heterocycles. The highest BCUT2D eigenvalue weighted by atomic mass is 14.8. The quantitative estimate of drug-likeness (QED) is 0.755. The van der Waals surface area contributed by atoms with Crippen molar-refractivity contribution in [3.8, 4) is 0 Å². The maximum Gasteiger partial charge on any atom is 0.0417 e. The van der Waals surface area contributed by atoms with E-state index in [-0.39, 0.29) is 0 Å². The van der Waals surface area contributed by atoms with Crippen LogP contribution in [0.15, 0.2) is 36.4 Å². The largest absolute Gasteiger partial charge is 0.388 e. The lowest BCUT2D eigenvalue weighted by Crippen LogP contribution is -1.90. The van der Waals surface area contributed by atoms with Crippen LogP contribution >= 0.6 is 0 Å². The van der Waals surface area contributed by atoms with Crippen molar-refractivity contribution in [2.45, 2.75) is 13.3 Å². The third-order valence-corrected chi connectivity index (χ3v) is 2.62.